The summed E-state index contributed by atoms with van der Waals surface area (Å²) >= 11 is 0. The average molecular weight is 262 g/mol. The lowest BCUT2D eigenvalue weighted by atomic mass is 9.93. The van der Waals surface area contributed by atoms with Crippen molar-refractivity contribution < 1.29 is 9.53 Å². The first-order valence-corrected chi connectivity index (χ1v) is 6.73. The first-order chi connectivity index (χ1) is 8.98. The standard InChI is InChI=1S/C15H22N2O2/c1-15(2)8-9-17(11-15)14(18)7-10-19-13-6-4-3-5-12(13)16/h3-6H,7-11,16H2,1-2H3. The molecular weight excluding hydrogens is 240 g/mol. The Morgan fingerprint density at radius 3 is 2.79 bits per heavy atom. The number of benzene rings is 1. The second-order valence-corrected chi connectivity index (χ2v) is 5.87. The van der Waals surface area contributed by atoms with E-state index in [0.717, 1.165) is 19.5 Å². The molecule has 0 bridgehead atoms. The number of nitrogens with two attached hydrogens (primary N) is 1. The van der Waals surface area contributed by atoms with E-state index in [1.807, 2.05) is 23.1 Å². The van der Waals surface area contributed by atoms with Crippen molar-refractivity contribution in [3.8, 4) is 5.75 Å². The van der Waals surface area contributed by atoms with Crippen LogP contribution in [0, 0.1) is 5.41 Å². The maximum Gasteiger partial charge on any atom is 0.226 e. The van der Waals surface area contributed by atoms with E-state index in [4.69, 9.17) is 10.5 Å². The minimum Gasteiger partial charge on any atom is -0.491 e. The molecule has 0 spiro atoms. The molecule has 1 aliphatic rings. The van der Waals surface area contributed by atoms with Gasteiger partial charge in [-0.3, -0.25) is 4.79 Å². The van der Waals surface area contributed by atoms with Crippen molar-refractivity contribution in [1.82, 2.24) is 4.90 Å². The highest BCUT2D eigenvalue weighted by Crippen LogP contribution is 2.29. The fraction of sp³-hybridized carbons (Fsp3) is 0.533. The SMILES string of the molecule is CC1(C)CCN(C(=O)CCOc2ccccc2N)C1. The summed E-state index contributed by atoms with van der Waals surface area (Å²) in [6.07, 6.45) is 1.48. The number of ether oxygens (including phenoxy) is 1. The lowest BCUT2D eigenvalue weighted by molar-refractivity contribution is -0.131. The molecule has 0 saturated carbocycles. The van der Waals surface area contributed by atoms with Gasteiger partial charge in [-0.05, 0) is 24.0 Å². The summed E-state index contributed by atoms with van der Waals surface area (Å²) in [7, 11) is 0. The third-order valence-corrected chi connectivity index (χ3v) is 3.52. The second kappa shape index (κ2) is 5.51. The van der Waals surface area contributed by atoms with Crippen LogP contribution in [0.3, 0.4) is 0 Å². The summed E-state index contributed by atoms with van der Waals surface area (Å²) < 4.78 is 5.55. The molecule has 0 aromatic heterocycles. The zero-order valence-electron chi connectivity index (χ0n) is 11.7. The van der Waals surface area contributed by atoms with Gasteiger partial charge in [-0.15, -0.1) is 0 Å². The second-order valence-electron chi connectivity index (χ2n) is 5.87. The van der Waals surface area contributed by atoms with Crippen LogP contribution in [0.15, 0.2) is 24.3 Å². The fourth-order valence-corrected chi connectivity index (χ4v) is 2.34. The van der Waals surface area contributed by atoms with Crippen LogP contribution in [0.2, 0.25) is 0 Å². The number of para-hydroxylation sites is 2. The van der Waals surface area contributed by atoms with Crippen molar-refractivity contribution in [2.75, 3.05) is 25.4 Å². The number of carbonyl (C=O) groups is 1. The van der Waals surface area contributed by atoms with E-state index in [9.17, 15) is 4.79 Å². The maximum atomic E-state index is 12.0. The molecular formula is C15H22N2O2. The molecule has 4 nitrogen and oxygen atoms in total. The molecule has 19 heavy (non-hydrogen) atoms. The Balaban J connectivity index is 1.77. The van der Waals surface area contributed by atoms with E-state index in [1.165, 1.54) is 0 Å². The molecule has 104 valence electrons. The zero-order chi connectivity index (χ0) is 13.9. The summed E-state index contributed by atoms with van der Waals surface area (Å²) in [6, 6.07) is 7.34. The molecule has 0 radical (unpaired) electrons. The smallest absolute Gasteiger partial charge is 0.226 e. The van der Waals surface area contributed by atoms with Gasteiger partial charge < -0.3 is 15.4 Å². The van der Waals surface area contributed by atoms with Gasteiger partial charge >= 0.3 is 0 Å². The van der Waals surface area contributed by atoms with E-state index in [-0.39, 0.29) is 11.3 Å². The number of anilines is 1. The molecule has 4 heteroatoms. The minimum absolute atomic E-state index is 0.167. The Hall–Kier alpha value is -1.71. The molecule has 2 rings (SSSR count). The normalized spacial score (nSPS) is 17.5. The number of nitrogen functional groups attached to an aromatic ring is 1. The van der Waals surface area contributed by atoms with Gasteiger partial charge in [0.05, 0.1) is 18.7 Å². The Morgan fingerprint density at radius 2 is 2.16 bits per heavy atom. The quantitative estimate of drug-likeness (QED) is 0.847. The van der Waals surface area contributed by atoms with Crippen LogP contribution in [0.4, 0.5) is 5.69 Å². The number of nitrogens with zero attached hydrogens (tertiary/aromatic N) is 1. The first kappa shape index (κ1) is 13.7. The van der Waals surface area contributed by atoms with Crippen LogP contribution in [0.1, 0.15) is 26.7 Å². The Bertz CT molecular complexity index is 457. The molecule has 1 amide bonds. The predicted molar refractivity (Wildman–Crippen MR) is 75.9 cm³/mol. The summed E-state index contributed by atoms with van der Waals surface area (Å²) in [5.41, 5.74) is 6.63. The van der Waals surface area contributed by atoms with Crippen LogP contribution in [0.25, 0.3) is 0 Å². The van der Waals surface area contributed by atoms with Crippen molar-refractivity contribution >= 4 is 11.6 Å². The van der Waals surface area contributed by atoms with Crippen LogP contribution < -0.4 is 10.5 Å². The number of hydrogen-bond acceptors (Lipinski definition) is 3. The van der Waals surface area contributed by atoms with E-state index in [2.05, 4.69) is 13.8 Å². The number of amides is 1. The van der Waals surface area contributed by atoms with Gasteiger partial charge in [0.2, 0.25) is 5.91 Å². The highest BCUT2D eigenvalue weighted by molar-refractivity contribution is 5.76. The summed E-state index contributed by atoms with van der Waals surface area (Å²) in [5.74, 6) is 0.817. The van der Waals surface area contributed by atoms with Crippen molar-refractivity contribution in [3.63, 3.8) is 0 Å². The maximum absolute atomic E-state index is 12.0. The molecule has 1 aliphatic heterocycles. The van der Waals surface area contributed by atoms with E-state index in [1.54, 1.807) is 6.07 Å². The molecule has 1 fully saturated rings. The van der Waals surface area contributed by atoms with Crippen LogP contribution in [-0.4, -0.2) is 30.5 Å². The van der Waals surface area contributed by atoms with Crippen molar-refractivity contribution in [1.29, 1.82) is 0 Å². The molecule has 2 N–H and O–H groups in total. The Kier molecular flexibility index (Phi) is 3.98. The highest BCUT2D eigenvalue weighted by Gasteiger charge is 2.31. The lowest BCUT2D eigenvalue weighted by Crippen LogP contribution is -2.31. The third kappa shape index (κ3) is 3.63. The number of likely N-dealkylation sites (tertiary alicyclic amines) is 1. The Morgan fingerprint density at radius 1 is 1.42 bits per heavy atom. The largest absolute Gasteiger partial charge is 0.491 e. The molecule has 0 unspecified atom stereocenters. The number of hydrogen-bond donors (Lipinski definition) is 1. The summed E-state index contributed by atoms with van der Waals surface area (Å²) in [6.45, 7) is 6.48. The van der Waals surface area contributed by atoms with Crippen molar-refractivity contribution in [3.05, 3.63) is 24.3 Å². The van der Waals surface area contributed by atoms with Gasteiger partial charge in [0, 0.05) is 13.1 Å². The van der Waals surface area contributed by atoms with Gasteiger partial charge in [-0.2, -0.15) is 0 Å². The van der Waals surface area contributed by atoms with Crippen molar-refractivity contribution in [2.24, 2.45) is 5.41 Å². The first-order valence-electron chi connectivity index (χ1n) is 6.73. The number of rotatable bonds is 4. The highest BCUT2D eigenvalue weighted by atomic mass is 16.5. The van der Waals surface area contributed by atoms with Crippen LogP contribution in [0.5, 0.6) is 5.75 Å². The van der Waals surface area contributed by atoms with E-state index in [0.29, 0.717) is 24.5 Å². The fourth-order valence-electron chi connectivity index (χ4n) is 2.34. The molecule has 1 heterocycles. The third-order valence-electron chi connectivity index (χ3n) is 3.52. The van der Waals surface area contributed by atoms with E-state index >= 15 is 0 Å². The molecule has 1 aromatic rings. The summed E-state index contributed by atoms with van der Waals surface area (Å²) in [4.78, 5) is 14.0. The monoisotopic (exact) mass is 262 g/mol. The molecule has 1 saturated heterocycles. The molecule has 1 aromatic carbocycles. The van der Waals surface area contributed by atoms with Crippen LogP contribution in [-0.2, 0) is 4.79 Å². The predicted octanol–water partition coefficient (Wildman–Crippen LogP) is 2.30. The zero-order valence-corrected chi connectivity index (χ0v) is 11.7. The Labute approximate surface area is 114 Å². The van der Waals surface area contributed by atoms with Gasteiger partial charge in [0.25, 0.3) is 0 Å². The van der Waals surface area contributed by atoms with Gasteiger partial charge in [-0.1, -0.05) is 26.0 Å². The number of carbonyl (C=O) groups excluding carboxylic acids is 1. The topological polar surface area (TPSA) is 55.6 Å². The van der Waals surface area contributed by atoms with Gasteiger partial charge in [0.1, 0.15) is 5.75 Å². The van der Waals surface area contributed by atoms with Crippen molar-refractivity contribution in [2.45, 2.75) is 26.7 Å². The molecule has 0 aliphatic carbocycles. The summed E-state index contributed by atoms with van der Waals surface area (Å²) in [5, 5.41) is 0. The van der Waals surface area contributed by atoms with Crippen LogP contribution >= 0.6 is 0 Å². The molecule has 0 atom stereocenters. The average Bonchev–Trinajstić information content (AvgIpc) is 2.72. The van der Waals surface area contributed by atoms with Gasteiger partial charge in [0.15, 0.2) is 0 Å². The van der Waals surface area contributed by atoms with Gasteiger partial charge in [-0.25, -0.2) is 0 Å². The minimum atomic E-state index is 0.167. The van der Waals surface area contributed by atoms with E-state index < -0.39 is 0 Å². The lowest BCUT2D eigenvalue weighted by Gasteiger charge is -2.20.